The standard InChI is InChI=1S/C11H16N6O/c1-6-3-4-8(15-7(2)18)9(5-6)16-11(14)17-10(12)13/h3-5H,1-2H3,(H,15,18)(H6,12,13,14,16,17). The van der Waals surface area contributed by atoms with Crippen LogP contribution in [0.3, 0.4) is 0 Å². The highest BCUT2D eigenvalue weighted by molar-refractivity contribution is 5.96. The fourth-order valence-corrected chi connectivity index (χ4v) is 1.31. The summed E-state index contributed by atoms with van der Waals surface area (Å²) in [5.41, 5.74) is 17.9. The molecule has 0 bridgehead atoms. The van der Waals surface area contributed by atoms with Crippen LogP contribution >= 0.6 is 0 Å². The molecule has 0 saturated carbocycles. The topological polar surface area (TPSA) is 132 Å². The van der Waals surface area contributed by atoms with Gasteiger partial charge in [0.15, 0.2) is 5.96 Å². The Labute approximate surface area is 105 Å². The normalized spacial score (nSPS) is 10.9. The summed E-state index contributed by atoms with van der Waals surface area (Å²) in [6, 6.07) is 5.35. The van der Waals surface area contributed by atoms with Crippen LogP contribution < -0.4 is 22.5 Å². The fraction of sp³-hybridized carbons (Fsp3) is 0.182. The SMILES string of the molecule is CC(=O)Nc1ccc(C)cc1N=C(N)N=C(N)N. The van der Waals surface area contributed by atoms with E-state index in [9.17, 15) is 4.79 Å². The van der Waals surface area contributed by atoms with Gasteiger partial charge in [0.25, 0.3) is 0 Å². The molecular formula is C11H16N6O. The number of aryl methyl sites for hydroxylation is 1. The average Bonchev–Trinajstić information content (AvgIpc) is 2.20. The molecule has 1 aromatic carbocycles. The first-order chi connectivity index (χ1) is 8.38. The Hall–Kier alpha value is -2.57. The Morgan fingerprint density at radius 1 is 1.28 bits per heavy atom. The van der Waals surface area contributed by atoms with Gasteiger partial charge in [-0.2, -0.15) is 4.99 Å². The number of carbonyl (C=O) groups is 1. The van der Waals surface area contributed by atoms with E-state index in [1.54, 1.807) is 12.1 Å². The first-order valence-electron chi connectivity index (χ1n) is 5.20. The third kappa shape index (κ3) is 4.12. The van der Waals surface area contributed by atoms with Gasteiger partial charge in [-0.25, -0.2) is 4.99 Å². The van der Waals surface area contributed by atoms with Gasteiger partial charge in [0, 0.05) is 6.92 Å². The zero-order valence-electron chi connectivity index (χ0n) is 10.3. The van der Waals surface area contributed by atoms with Crippen LogP contribution in [0.1, 0.15) is 12.5 Å². The van der Waals surface area contributed by atoms with Crippen molar-refractivity contribution in [2.75, 3.05) is 5.32 Å². The number of rotatable bonds is 2. The van der Waals surface area contributed by atoms with Crippen LogP contribution in [0.25, 0.3) is 0 Å². The number of hydrogen-bond donors (Lipinski definition) is 4. The van der Waals surface area contributed by atoms with Crippen LogP contribution in [0.5, 0.6) is 0 Å². The number of nitrogens with one attached hydrogen (secondary N) is 1. The molecule has 0 unspecified atom stereocenters. The molecule has 96 valence electrons. The van der Waals surface area contributed by atoms with E-state index in [0.717, 1.165) is 5.56 Å². The predicted octanol–water partition coefficient (Wildman–Crippen LogP) is 0.173. The Morgan fingerprint density at radius 3 is 2.50 bits per heavy atom. The van der Waals surface area contributed by atoms with Crippen molar-refractivity contribution >= 4 is 29.2 Å². The number of carbonyl (C=O) groups excluding carboxylic acids is 1. The summed E-state index contributed by atoms with van der Waals surface area (Å²) >= 11 is 0. The summed E-state index contributed by atoms with van der Waals surface area (Å²) in [6.45, 7) is 3.31. The fourth-order valence-electron chi connectivity index (χ4n) is 1.31. The molecule has 18 heavy (non-hydrogen) atoms. The van der Waals surface area contributed by atoms with Gasteiger partial charge < -0.3 is 22.5 Å². The number of nitrogens with two attached hydrogens (primary N) is 3. The van der Waals surface area contributed by atoms with E-state index in [1.807, 2.05) is 13.0 Å². The van der Waals surface area contributed by atoms with Crippen LogP contribution in [0.2, 0.25) is 0 Å². The van der Waals surface area contributed by atoms with Crippen LogP contribution in [-0.2, 0) is 4.79 Å². The van der Waals surface area contributed by atoms with E-state index >= 15 is 0 Å². The Kier molecular flexibility index (Phi) is 4.25. The first kappa shape index (κ1) is 13.5. The summed E-state index contributed by atoms with van der Waals surface area (Å²) < 4.78 is 0. The number of amides is 1. The van der Waals surface area contributed by atoms with Crippen molar-refractivity contribution in [3.63, 3.8) is 0 Å². The molecule has 0 aliphatic rings. The Balaban J connectivity index is 3.17. The van der Waals surface area contributed by atoms with Crippen LogP contribution in [0.15, 0.2) is 28.2 Å². The summed E-state index contributed by atoms with van der Waals surface area (Å²) in [4.78, 5) is 18.7. The molecule has 1 rings (SSSR count). The molecule has 0 aliphatic carbocycles. The van der Waals surface area contributed by atoms with Crippen molar-refractivity contribution in [2.45, 2.75) is 13.8 Å². The second-order valence-electron chi connectivity index (χ2n) is 3.71. The predicted molar refractivity (Wildman–Crippen MR) is 72.6 cm³/mol. The molecule has 7 nitrogen and oxygen atoms in total. The van der Waals surface area contributed by atoms with Crippen molar-refractivity contribution in [3.8, 4) is 0 Å². The minimum atomic E-state index is -0.198. The molecule has 0 aliphatic heterocycles. The van der Waals surface area contributed by atoms with Gasteiger partial charge in [0.05, 0.1) is 11.4 Å². The molecule has 0 fully saturated rings. The van der Waals surface area contributed by atoms with Crippen molar-refractivity contribution in [1.29, 1.82) is 0 Å². The molecule has 1 aromatic rings. The van der Waals surface area contributed by atoms with Gasteiger partial charge in [-0.05, 0) is 24.6 Å². The minimum Gasteiger partial charge on any atom is -0.370 e. The third-order valence-electron chi connectivity index (χ3n) is 1.94. The smallest absolute Gasteiger partial charge is 0.223 e. The van der Waals surface area contributed by atoms with Crippen LogP contribution in [-0.4, -0.2) is 17.8 Å². The molecule has 0 aromatic heterocycles. The summed E-state index contributed by atoms with van der Waals surface area (Å²) in [7, 11) is 0. The first-order valence-corrected chi connectivity index (χ1v) is 5.20. The molecule has 7 N–H and O–H groups in total. The zero-order valence-corrected chi connectivity index (χ0v) is 10.3. The maximum absolute atomic E-state index is 11.1. The lowest BCUT2D eigenvalue weighted by atomic mass is 10.2. The third-order valence-corrected chi connectivity index (χ3v) is 1.94. The molecule has 0 spiro atoms. The van der Waals surface area contributed by atoms with Crippen molar-refractivity contribution in [2.24, 2.45) is 27.2 Å². The Bertz CT molecular complexity index is 516. The van der Waals surface area contributed by atoms with Gasteiger partial charge in [0.2, 0.25) is 11.9 Å². The monoisotopic (exact) mass is 248 g/mol. The van der Waals surface area contributed by atoms with Crippen LogP contribution in [0.4, 0.5) is 11.4 Å². The lowest BCUT2D eigenvalue weighted by Gasteiger charge is -2.07. The van der Waals surface area contributed by atoms with E-state index in [4.69, 9.17) is 17.2 Å². The number of nitrogens with zero attached hydrogens (tertiary/aromatic N) is 2. The van der Waals surface area contributed by atoms with Crippen molar-refractivity contribution < 1.29 is 4.79 Å². The zero-order chi connectivity index (χ0) is 13.7. The molecule has 1 amide bonds. The second kappa shape index (κ2) is 5.67. The average molecular weight is 248 g/mol. The van der Waals surface area contributed by atoms with Crippen molar-refractivity contribution in [1.82, 2.24) is 0 Å². The van der Waals surface area contributed by atoms with Gasteiger partial charge in [-0.1, -0.05) is 6.07 Å². The van der Waals surface area contributed by atoms with E-state index in [2.05, 4.69) is 15.3 Å². The molecule has 0 saturated heterocycles. The van der Waals surface area contributed by atoms with Gasteiger partial charge >= 0.3 is 0 Å². The highest BCUT2D eigenvalue weighted by Gasteiger charge is 2.04. The van der Waals surface area contributed by atoms with Gasteiger partial charge in [-0.3, -0.25) is 4.79 Å². The van der Waals surface area contributed by atoms with E-state index in [0.29, 0.717) is 11.4 Å². The quantitative estimate of drug-likeness (QED) is 0.438. The number of guanidine groups is 2. The second-order valence-corrected chi connectivity index (χ2v) is 3.71. The maximum atomic E-state index is 11.1. The number of aliphatic imine (C=N–C) groups is 2. The van der Waals surface area contributed by atoms with Crippen molar-refractivity contribution in [3.05, 3.63) is 23.8 Å². The van der Waals surface area contributed by atoms with E-state index < -0.39 is 0 Å². The lowest BCUT2D eigenvalue weighted by Crippen LogP contribution is -2.26. The molecule has 0 radical (unpaired) electrons. The lowest BCUT2D eigenvalue weighted by molar-refractivity contribution is -0.114. The molecule has 0 heterocycles. The highest BCUT2D eigenvalue weighted by Crippen LogP contribution is 2.26. The number of hydrogen-bond acceptors (Lipinski definition) is 2. The minimum absolute atomic E-state index is 0.0767. The summed E-state index contributed by atoms with van der Waals surface area (Å²) in [5, 5.41) is 2.65. The largest absolute Gasteiger partial charge is 0.370 e. The molecular weight excluding hydrogens is 232 g/mol. The maximum Gasteiger partial charge on any atom is 0.223 e. The molecule has 0 atom stereocenters. The van der Waals surface area contributed by atoms with E-state index in [-0.39, 0.29) is 17.8 Å². The van der Waals surface area contributed by atoms with Crippen LogP contribution in [0, 0.1) is 6.92 Å². The summed E-state index contributed by atoms with van der Waals surface area (Å²) in [5.74, 6) is -0.451. The number of benzene rings is 1. The van der Waals surface area contributed by atoms with E-state index in [1.165, 1.54) is 6.92 Å². The molecule has 7 heteroatoms. The van der Waals surface area contributed by atoms with Gasteiger partial charge in [0.1, 0.15) is 0 Å². The highest BCUT2D eigenvalue weighted by atomic mass is 16.1. The summed E-state index contributed by atoms with van der Waals surface area (Å²) in [6.07, 6.45) is 0. The number of anilines is 1. The Morgan fingerprint density at radius 2 is 1.94 bits per heavy atom. The van der Waals surface area contributed by atoms with Gasteiger partial charge in [-0.15, -0.1) is 0 Å².